The SMILES string of the molecule is C=CCN(C(=O)c1csnn1)C(C(=O)NCc1ccccc1)c1sccc1C. The number of carbonyl (C=O) groups excluding carboxylic acids is 2. The Morgan fingerprint density at radius 1 is 1.29 bits per heavy atom. The number of benzene rings is 1. The Labute approximate surface area is 171 Å². The summed E-state index contributed by atoms with van der Waals surface area (Å²) in [7, 11) is 0. The molecule has 0 bridgehead atoms. The zero-order chi connectivity index (χ0) is 19.9. The summed E-state index contributed by atoms with van der Waals surface area (Å²) in [5, 5.41) is 10.3. The second-order valence-corrected chi connectivity index (χ2v) is 7.67. The quantitative estimate of drug-likeness (QED) is 0.574. The number of aryl methyl sites for hydroxylation is 1. The molecule has 0 fully saturated rings. The van der Waals surface area contributed by atoms with Crippen molar-refractivity contribution in [1.29, 1.82) is 0 Å². The van der Waals surface area contributed by atoms with E-state index >= 15 is 0 Å². The minimum Gasteiger partial charge on any atom is -0.350 e. The number of aromatic nitrogens is 2. The third-order valence-corrected chi connectivity index (χ3v) is 5.76. The predicted octanol–water partition coefficient (Wildman–Crippen LogP) is 3.59. The fraction of sp³-hybridized carbons (Fsp3) is 0.200. The second-order valence-electron chi connectivity index (χ2n) is 6.11. The molecule has 0 saturated heterocycles. The highest BCUT2D eigenvalue weighted by Crippen LogP contribution is 2.30. The molecule has 0 aliphatic carbocycles. The van der Waals surface area contributed by atoms with Crippen LogP contribution >= 0.6 is 22.9 Å². The lowest BCUT2D eigenvalue weighted by molar-refractivity contribution is -0.125. The topological polar surface area (TPSA) is 75.2 Å². The molecule has 1 aromatic carbocycles. The molecule has 2 aromatic heterocycles. The van der Waals surface area contributed by atoms with E-state index in [0.717, 1.165) is 27.5 Å². The highest BCUT2D eigenvalue weighted by Gasteiger charge is 2.34. The molecule has 0 spiro atoms. The number of hydrogen-bond acceptors (Lipinski definition) is 6. The molecule has 28 heavy (non-hydrogen) atoms. The van der Waals surface area contributed by atoms with E-state index in [4.69, 9.17) is 0 Å². The van der Waals surface area contributed by atoms with Gasteiger partial charge in [-0.3, -0.25) is 9.59 Å². The molecule has 8 heteroatoms. The van der Waals surface area contributed by atoms with Gasteiger partial charge in [0, 0.05) is 23.3 Å². The van der Waals surface area contributed by atoms with Gasteiger partial charge in [0.05, 0.1) is 0 Å². The number of nitrogens with one attached hydrogen (secondary N) is 1. The van der Waals surface area contributed by atoms with Gasteiger partial charge in [0.25, 0.3) is 5.91 Å². The molecule has 0 aliphatic rings. The lowest BCUT2D eigenvalue weighted by Crippen LogP contribution is -2.43. The minimum atomic E-state index is -0.768. The Bertz CT molecular complexity index is 938. The van der Waals surface area contributed by atoms with Crippen molar-refractivity contribution in [3.8, 4) is 0 Å². The van der Waals surface area contributed by atoms with Crippen LogP contribution in [-0.4, -0.2) is 32.8 Å². The van der Waals surface area contributed by atoms with Crippen molar-refractivity contribution in [3.63, 3.8) is 0 Å². The fourth-order valence-corrected chi connectivity index (χ4v) is 4.26. The van der Waals surface area contributed by atoms with E-state index in [1.165, 1.54) is 16.2 Å². The summed E-state index contributed by atoms with van der Waals surface area (Å²) in [4.78, 5) is 28.5. The number of thiophene rings is 1. The van der Waals surface area contributed by atoms with Crippen LogP contribution in [0.4, 0.5) is 0 Å². The maximum atomic E-state index is 13.2. The lowest BCUT2D eigenvalue weighted by Gasteiger charge is -2.29. The third kappa shape index (κ3) is 4.52. The summed E-state index contributed by atoms with van der Waals surface area (Å²) in [5.74, 6) is -0.589. The maximum Gasteiger partial charge on any atom is 0.276 e. The summed E-state index contributed by atoms with van der Waals surface area (Å²) < 4.78 is 3.77. The van der Waals surface area contributed by atoms with Crippen molar-refractivity contribution in [2.45, 2.75) is 19.5 Å². The number of hydrogen-bond donors (Lipinski definition) is 1. The van der Waals surface area contributed by atoms with Gasteiger partial charge in [0.2, 0.25) is 5.91 Å². The van der Waals surface area contributed by atoms with Crippen molar-refractivity contribution in [1.82, 2.24) is 19.8 Å². The molecule has 0 aliphatic heterocycles. The molecule has 1 N–H and O–H groups in total. The van der Waals surface area contributed by atoms with E-state index in [1.54, 1.807) is 11.5 Å². The Morgan fingerprint density at radius 2 is 2.07 bits per heavy atom. The Hall–Kier alpha value is -2.84. The fourth-order valence-electron chi connectivity index (χ4n) is 2.80. The molecule has 3 aromatic rings. The molecule has 2 heterocycles. The van der Waals surface area contributed by atoms with Gasteiger partial charge in [-0.15, -0.1) is 23.0 Å². The molecule has 3 rings (SSSR count). The van der Waals surface area contributed by atoms with Crippen molar-refractivity contribution >= 4 is 34.7 Å². The van der Waals surface area contributed by atoms with E-state index in [9.17, 15) is 9.59 Å². The van der Waals surface area contributed by atoms with Gasteiger partial charge in [0.15, 0.2) is 5.69 Å². The molecule has 6 nitrogen and oxygen atoms in total. The minimum absolute atomic E-state index is 0.219. The van der Waals surface area contributed by atoms with Crippen LogP contribution in [0.2, 0.25) is 0 Å². The first-order valence-corrected chi connectivity index (χ1v) is 10.4. The number of carbonyl (C=O) groups is 2. The van der Waals surface area contributed by atoms with Crippen molar-refractivity contribution < 1.29 is 9.59 Å². The molecule has 2 amide bonds. The van der Waals surface area contributed by atoms with Crippen LogP contribution in [-0.2, 0) is 11.3 Å². The van der Waals surface area contributed by atoms with Crippen molar-refractivity contribution in [2.24, 2.45) is 0 Å². The number of amides is 2. The molecular weight excluding hydrogens is 392 g/mol. The summed E-state index contributed by atoms with van der Waals surface area (Å²) >= 11 is 2.55. The van der Waals surface area contributed by atoms with Crippen molar-refractivity contribution in [2.75, 3.05) is 6.54 Å². The molecule has 0 saturated carbocycles. The summed E-state index contributed by atoms with van der Waals surface area (Å²) in [5.41, 5.74) is 2.17. The maximum absolute atomic E-state index is 13.2. The highest BCUT2D eigenvalue weighted by atomic mass is 32.1. The van der Waals surface area contributed by atoms with Gasteiger partial charge in [-0.1, -0.05) is 40.9 Å². The van der Waals surface area contributed by atoms with Gasteiger partial charge >= 0.3 is 0 Å². The van der Waals surface area contributed by atoms with E-state index in [-0.39, 0.29) is 24.1 Å². The smallest absolute Gasteiger partial charge is 0.276 e. The Kier molecular flexibility index (Phi) is 6.67. The van der Waals surface area contributed by atoms with Crippen LogP contribution < -0.4 is 5.32 Å². The van der Waals surface area contributed by atoms with Gasteiger partial charge in [0.1, 0.15) is 6.04 Å². The molecule has 0 radical (unpaired) electrons. The average Bonchev–Trinajstić information content (AvgIpc) is 3.39. The Balaban J connectivity index is 1.90. The highest BCUT2D eigenvalue weighted by molar-refractivity contribution is 7.10. The van der Waals surface area contributed by atoms with Crippen LogP contribution in [0, 0.1) is 6.92 Å². The summed E-state index contributed by atoms with van der Waals surface area (Å²) in [6, 6.07) is 10.8. The van der Waals surface area contributed by atoms with Gasteiger partial charge in [-0.25, -0.2) is 0 Å². The van der Waals surface area contributed by atoms with E-state index < -0.39 is 6.04 Å². The lowest BCUT2D eigenvalue weighted by atomic mass is 10.1. The predicted molar refractivity (Wildman–Crippen MR) is 111 cm³/mol. The molecular formula is C20H20N4O2S2. The van der Waals surface area contributed by atoms with Crippen LogP contribution in [0.5, 0.6) is 0 Å². The summed E-state index contributed by atoms with van der Waals surface area (Å²) in [6.45, 7) is 6.29. The zero-order valence-corrected chi connectivity index (χ0v) is 17.0. The normalized spacial score (nSPS) is 11.6. The standard InChI is InChI=1S/C20H20N4O2S2/c1-3-10-24(20(26)16-13-28-23-22-16)17(18-14(2)9-11-27-18)19(25)21-12-15-7-5-4-6-8-15/h3-9,11,13,17H,1,10,12H2,2H3,(H,21,25). The first-order valence-electron chi connectivity index (χ1n) is 8.66. The number of nitrogens with zero attached hydrogens (tertiary/aromatic N) is 3. The molecule has 1 unspecified atom stereocenters. The first-order chi connectivity index (χ1) is 13.6. The first kappa shape index (κ1) is 19.9. The van der Waals surface area contributed by atoms with Crippen LogP contribution in [0.15, 0.2) is 59.8 Å². The van der Waals surface area contributed by atoms with Gasteiger partial charge in [-0.2, -0.15) is 0 Å². The monoisotopic (exact) mass is 412 g/mol. The number of rotatable bonds is 8. The van der Waals surface area contributed by atoms with Crippen molar-refractivity contribution in [3.05, 3.63) is 81.5 Å². The third-order valence-electron chi connectivity index (χ3n) is 4.19. The molecule has 144 valence electrons. The largest absolute Gasteiger partial charge is 0.350 e. The van der Waals surface area contributed by atoms with Crippen LogP contribution in [0.25, 0.3) is 0 Å². The van der Waals surface area contributed by atoms with E-state index in [1.807, 2.05) is 48.7 Å². The second kappa shape index (κ2) is 9.38. The zero-order valence-electron chi connectivity index (χ0n) is 15.4. The van der Waals surface area contributed by atoms with E-state index in [2.05, 4.69) is 21.5 Å². The summed E-state index contributed by atoms with van der Waals surface area (Å²) in [6.07, 6.45) is 1.61. The molecule has 1 atom stereocenters. The van der Waals surface area contributed by atoms with Gasteiger partial charge < -0.3 is 10.2 Å². The van der Waals surface area contributed by atoms with Gasteiger partial charge in [-0.05, 0) is 41.0 Å². The van der Waals surface area contributed by atoms with Crippen LogP contribution in [0.3, 0.4) is 0 Å². The van der Waals surface area contributed by atoms with Crippen LogP contribution in [0.1, 0.15) is 32.5 Å². The van der Waals surface area contributed by atoms with E-state index in [0.29, 0.717) is 6.54 Å². The average molecular weight is 413 g/mol. The Morgan fingerprint density at radius 3 is 2.68 bits per heavy atom.